The zero-order valence-electron chi connectivity index (χ0n) is 11.1. The van der Waals surface area contributed by atoms with E-state index in [1.165, 1.54) is 0 Å². The highest BCUT2D eigenvalue weighted by Crippen LogP contribution is 2.12. The van der Waals surface area contributed by atoms with E-state index in [0.717, 1.165) is 0 Å². The van der Waals surface area contributed by atoms with Gasteiger partial charge in [0.15, 0.2) is 0 Å². The van der Waals surface area contributed by atoms with Gasteiger partial charge in [0.2, 0.25) is 5.91 Å². The topological polar surface area (TPSA) is 130 Å². The predicted molar refractivity (Wildman–Crippen MR) is 68.5 cm³/mol. The fraction of sp³-hybridized carbons (Fsp3) is 0.750. The minimum Gasteiger partial charge on any atom is -0.481 e. The molecule has 2 unspecified atom stereocenters. The van der Waals surface area contributed by atoms with Crippen LogP contribution in [0.1, 0.15) is 39.0 Å². The molecule has 0 saturated carbocycles. The minimum absolute atomic E-state index is 0.105. The number of carbonyl (C=O) groups is 3. The molecule has 7 heteroatoms. The molecular weight excluding hydrogens is 252 g/mol. The molecule has 5 N–H and O–H groups in total. The summed E-state index contributed by atoms with van der Waals surface area (Å²) in [5.41, 5.74) is 5.30. The molecule has 0 aromatic heterocycles. The first-order chi connectivity index (χ1) is 8.92. The molecular formula is C12H22N2O5. The summed E-state index contributed by atoms with van der Waals surface area (Å²) in [4.78, 5) is 33.3. The third kappa shape index (κ3) is 7.40. The Hall–Kier alpha value is -1.63. The second-order valence-electron chi connectivity index (χ2n) is 4.37. The van der Waals surface area contributed by atoms with Crippen LogP contribution in [0.3, 0.4) is 0 Å². The molecule has 19 heavy (non-hydrogen) atoms. The normalized spacial score (nSPS) is 13.6. The molecule has 0 aliphatic rings. The van der Waals surface area contributed by atoms with Crippen molar-refractivity contribution in [2.75, 3.05) is 6.54 Å². The van der Waals surface area contributed by atoms with Crippen molar-refractivity contribution in [3.63, 3.8) is 0 Å². The maximum atomic E-state index is 11.9. The Labute approximate surface area is 112 Å². The lowest BCUT2D eigenvalue weighted by atomic mass is 9.98. The molecule has 0 aromatic carbocycles. The third-order valence-electron chi connectivity index (χ3n) is 2.88. The highest BCUT2D eigenvalue weighted by atomic mass is 16.4. The van der Waals surface area contributed by atoms with Crippen molar-refractivity contribution in [2.24, 2.45) is 11.7 Å². The number of hydrogen-bond acceptors (Lipinski definition) is 4. The number of amides is 1. The molecule has 0 aromatic rings. The van der Waals surface area contributed by atoms with Crippen LogP contribution in [0.5, 0.6) is 0 Å². The van der Waals surface area contributed by atoms with E-state index in [1.807, 2.05) is 0 Å². The van der Waals surface area contributed by atoms with Crippen molar-refractivity contribution in [1.82, 2.24) is 5.32 Å². The lowest BCUT2D eigenvalue weighted by Gasteiger charge is -2.18. The van der Waals surface area contributed by atoms with Gasteiger partial charge in [0.05, 0.1) is 0 Å². The summed E-state index contributed by atoms with van der Waals surface area (Å²) in [6.07, 6.45) is 1.35. The van der Waals surface area contributed by atoms with Gasteiger partial charge in [-0.3, -0.25) is 9.59 Å². The van der Waals surface area contributed by atoms with E-state index in [1.54, 1.807) is 6.92 Å². The van der Waals surface area contributed by atoms with Crippen LogP contribution in [-0.2, 0) is 14.4 Å². The van der Waals surface area contributed by atoms with Gasteiger partial charge >= 0.3 is 11.9 Å². The Bertz CT molecular complexity index is 319. The average Bonchev–Trinajstić information content (AvgIpc) is 2.34. The number of nitrogens with one attached hydrogen (secondary N) is 1. The van der Waals surface area contributed by atoms with E-state index in [4.69, 9.17) is 15.9 Å². The zero-order valence-corrected chi connectivity index (χ0v) is 11.1. The molecule has 110 valence electrons. The minimum atomic E-state index is -1.10. The van der Waals surface area contributed by atoms with Crippen molar-refractivity contribution < 1.29 is 24.6 Å². The van der Waals surface area contributed by atoms with Crippen LogP contribution in [-0.4, -0.2) is 40.6 Å². The molecule has 0 heterocycles. The molecule has 0 saturated heterocycles. The Kier molecular flexibility index (Phi) is 8.52. The Balaban J connectivity index is 4.41. The summed E-state index contributed by atoms with van der Waals surface area (Å²) in [6.45, 7) is 2.12. The van der Waals surface area contributed by atoms with Crippen LogP contribution in [0.2, 0.25) is 0 Å². The second-order valence-corrected chi connectivity index (χ2v) is 4.37. The standard InChI is InChI=1S/C12H22N2O5/c1-2-8(5-6-10(15)16)11(17)14-9(12(18)19)4-3-7-13/h8-9H,2-7,13H2,1H3,(H,14,17)(H,15,16)(H,18,19). The van der Waals surface area contributed by atoms with Crippen molar-refractivity contribution in [1.29, 1.82) is 0 Å². The summed E-state index contributed by atoms with van der Waals surface area (Å²) in [7, 11) is 0. The van der Waals surface area contributed by atoms with Gasteiger partial charge in [-0.15, -0.1) is 0 Å². The third-order valence-corrected chi connectivity index (χ3v) is 2.88. The molecule has 0 rings (SSSR count). The average molecular weight is 274 g/mol. The van der Waals surface area contributed by atoms with Crippen LogP contribution in [0, 0.1) is 5.92 Å². The van der Waals surface area contributed by atoms with Gasteiger partial charge in [-0.1, -0.05) is 6.92 Å². The SMILES string of the molecule is CCC(CCC(=O)O)C(=O)NC(CCCN)C(=O)O. The smallest absolute Gasteiger partial charge is 0.326 e. The van der Waals surface area contributed by atoms with Gasteiger partial charge in [0, 0.05) is 12.3 Å². The lowest BCUT2D eigenvalue weighted by molar-refractivity contribution is -0.143. The lowest BCUT2D eigenvalue weighted by Crippen LogP contribution is -2.43. The number of carboxylic acids is 2. The molecule has 0 spiro atoms. The van der Waals surface area contributed by atoms with Crippen molar-refractivity contribution in [3.05, 3.63) is 0 Å². The van der Waals surface area contributed by atoms with Crippen LogP contribution in [0.15, 0.2) is 0 Å². The summed E-state index contributed by atoms with van der Waals surface area (Å²) in [5, 5.41) is 20.0. The molecule has 1 amide bonds. The first-order valence-corrected chi connectivity index (χ1v) is 6.37. The van der Waals surface area contributed by atoms with E-state index in [-0.39, 0.29) is 19.3 Å². The molecule has 7 nitrogen and oxygen atoms in total. The number of carbonyl (C=O) groups excluding carboxylic acids is 1. The van der Waals surface area contributed by atoms with E-state index < -0.39 is 29.8 Å². The summed E-state index contributed by atoms with van der Waals surface area (Å²) < 4.78 is 0. The van der Waals surface area contributed by atoms with Gasteiger partial charge < -0.3 is 21.3 Å². The van der Waals surface area contributed by atoms with E-state index in [9.17, 15) is 14.4 Å². The maximum Gasteiger partial charge on any atom is 0.326 e. The summed E-state index contributed by atoms with van der Waals surface area (Å²) in [5.74, 6) is -2.96. The number of nitrogens with two attached hydrogens (primary N) is 1. The van der Waals surface area contributed by atoms with Gasteiger partial charge in [-0.05, 0) is 32.2 Å². The number of carboxylic acid groups (broad SMARTS) is 2. The van der Waals surface area contributed by atoms with E-state index >= 15 is 0 Å². The number of aliphatic carboxylic acids is 2. The van der Waals surface area contributed by atoms with Crippen molar-refractivity contribution >= 4 is 17.8 Å². The highest BCUT2D eigenvalue weighted by Gasteiger charge is 2.24. The molecule has 0 fully saturated rings. The molecule has 0 aliphatic carbocycles. The Morgan fingerprint density at radius 2 is 1.84 bits per heavy atom. The Morgan fingerprint density at radius 3 is 2.26 bits per heavy atom. The maximum absolute atomic E-state index is 11.9. The molecule has 0 bridgehead atoms. The van der Waals surface area contributed by atoms with Crippen LogP contribution >= 0.6 is 0 Å². The van der Waals surface area contributed by atoms with Crippen LogP contribution < -0.4 is 11.1 Å². The van der Waals surface area contributed by atoms with Gasteiger partial charge in [-0.2, -0.15) is 0 Å². The fourth-order valence-electron chi connectivity index (χ4n) is 1.69. The monoisotopic (exact) mass is 274 g/mol. The summed E-state index contributed by atoms with van der Waals surface area (Å²) >= 11 is 0. The molecule has 0 aliphatic heterocycles. The number of rotatable bonds is 10. The first kappa shape index (κ1) is 17.4. The quantitative estimate of drug-likeness (QED) is 0.450. The van der Waals surface area contributed by atoms with Gasteiger partial charge in [0.1, 0.15) is 6.04 Å². The van der Waals surface area contributed by atoms with Crippen LogP contribution in [0.25, 0.3) is 0 Å². The van der Waals surface area contributed by atoms with Crippen molar-refractivity contribution in [2.45, 2.75) is 45.1 Å². The van der Waals surface area contributed by atoms with Crippen LogP contribution in [0.4, 0.5) is 0 Å². The second kappa shape index (κ2) is 9.32. The summed E-state index contributed by atoms with van der Waals surface area (Å²) in [6, 6.07) is -0.963. The van der Waals surface area contributed by atoms with Gasteiger partial charge in [0.25, 0.3) is 0 Å². The predicted octanol–water partition coefficient (Wildman–Crippen LogP) is 0.186. The molecule has 0 radical (unpaired) electrons. The van der Waals surface area contributed by atoms with Gasteiger partial charge in [-0.25, -0.2) is 4.79 Å². The first-order valence-electron chi connectivity index (χ1n) is 6.37. The number of hydrogen-bond donors (Lipinski definition) is 4. The van der Waals surface area contributed by atoms with E-state index in [2.05, 4.69) is 5.32 Å². The van der Waals surface area contributed by atoms with E-state index in [0.29, 0.717) is 19.4 Å². The zero-order chi connectivity index (χ0) is 14.8. The molecule has 2 atom stereocenters. The van der Waals surface area contributed by atoms with Crippen molar-refractivity contribution in [3.8, 4) is 0 Å². The Morgan fingerprint density at radius 1 is 1.21 bits per heavy atom. The highest BCUT2D eigenvalue weighted by molar-refractivity contribution is 5.85. The largest absolute Gasteiger partial charge is 0.481 e. The fourth-order valence-corrected chi connectivity index (χ4v) is 1.69.